The van der Waals surface area contributed by atoms with Gasteiger partial charge in [0.15, 0.2) is 0 Å². The maximum atomic E-state index is 12.9. The molecule has 0 atom stereocenters. The molecule has 0 spiro atoms. The molecule has 10 heteroatoms. The van der Waals surface area contributed by atoms with Crippen LogP contribution in [0.3, 0.4) is 0 Å². The molecular weight excluding hydrogens is 426 g/mol. The summed E-state index contributed by atoms with van der Waals surface area (Å²) in [6.45, 7) is 7.29. The molecular formula is C20H25N3O5S2. The van der Waals surface area contributed by atoms with Crippen LogP contribution in [0.25, 0.3) is 0 Å². The van der Waals surface area contributed by atoms with Crippen molar-refractivity contribution < 1.29 is 22.7 Å². The Morgan fingerprint density at radius 3 is 2.27 bits per heavy atom. The number of anilines is 1. The predicted octanol–water partition coefficient (Wildman–Crippen LogP) is 2.42. The molecule has 1 saturated heterocycles. The third kappa shape index (κ3) is 4.72. The number of benzene rings is 1. The van der Waals surface area contributed by atoms with Gasteiger partial charge >= 0.3 is 0 Å². The van der Waals surface area contributed by atoms with Crippen LogP contribution in [-0.4, -0.2) is 50.8 Å². The van der Waals surface area contributed by atoms with Gasteiger partial charge in [0.05, 0.1) is 18.8 Å². The Balaban J connectivity index is 1.87. The minimum atomic E-state index is -3.81. The van der Waals surface area contributed by atoms with Crippen LogP contribution in [0.1, 0.15) is 47.1 Å². The zero-order valence-corrected chi connectivity index (χ0v) is 18.7. The normalized spacial score (nSPS) is 15.7. The summed E-state index contributed by atoms with van der Waals surface area (Å²) in [5.74, 6) is -1.26. The van der Waals surface area contributed by atoms with Gasteiger partial charge in [-0.1, -0.05) is 32.9 Å². The van der Waals surface area contributed by atoms with E-state index in [2.05, 4.69) is 26.1 Å². The lowest BCUT2D eigenvalue weighted by atomic mass is 9.87. The Hall–Kier alpha value is -2.27. The monoisotopic (exact) mass is 451 g/mol. The number of nitrogens with one attached hydrogen (secondary N) is 1. The zero-order valence-electron chi connectivity index (χ0n) is 17.1. The Labute approximate surface area is 180 Å². The van der Waals surface area contributed by atoms with E-state index in [4.69, 9.17) is 10.5 Å². The number of hydrogen-bond acceptors (Lipinski definition) is 6. The van der Waals surface area contributed by atoms with Gasteiger partial charge in [-0.2, -0.15) is 4.31 Å². The Kier molecular flexibility index (Phi) is 6.32. The molecule has 1 fully saturated rings. The van der Waals surface area contributed by atoms with E-state index in [0.29, 0.717) is 18.8 Å². The van der Waals surface area contributed by atoms with E-state index >= 15 is 0 Å². The fourth-order valence-electron chi connectivity index (χ4n) is 2.98. The third-order valence-corrected chi connectivity index (χ3v) is 8.18. The highest BCUT2D eigenvalue weighted by atomic mass is 32.2. The SMILES string of the molecule is CC(C)(C)c1ccc(C(=O)Nc2sc(S(=O)(=O)N3CCOCC3)cc2C(N)=O)cc1. The second kappa shape index (κ2) is 8.46. The summed E-state index contributed by atoms with van der Waals surface area (Å²) in [6, 6.07) is 8.34. The van der Waals surface area contributed by atoms with E-state index in [1.807, 2.05) is 12.1 Å². The van der Waals surface area contributed by atoms with Crippen molar-refractivity contribution in [1.29, 1.82) is 0 Å². The molecule has 1 aromatic heterocycles. The first-order valence-electron chi connectivity index (χ1n) is 9.43. The van der Waals surface area contributed by atoms with E-state index in [1.54, 1.807) is 12.1 Å². The standard InChI is InChI=1S/C20H25N3O5S2/c1-20(2,3)14-6-4-13(5-7-14)18(25)22-19-15(17(21)24)12-16(29-19)30(26,27)23-8-10-28-11-9-23/h4-7,12H,8-11H2,1-3H3,(H2,21,24)(H,22,25). The number of sulfonamides is 1. The van der Waals surface area contributed by atoms with Gasteiger partial charge in [-0.3, -0.25) is 9.59 Å². The van der Waals surface area contributed by atoms with Gasteiger partial charge in [-0.05, 0) is 29.2 Å². The van der Waals surface area contributed by atoms with Crippen LogP contribution in [0.5, 0.6) is 0 Å². The van der Waals surface area contributed by atoms with Crippen molar-refractivity contribution in [2.24, 2.45) is 5.73 Å². The van der Waals surface area contributed by atoms with Gasteiger partial charge in [0.1, 0.15) is 9.21 Å². The predicted molar refractivity (Wildman–Crippen MR) is 116 cm³/mol. The molecule has 162 valence electrons. The summed E-state index contributed by atoms with van der Waals surface area (Å²) >= 11 is 0.816. The van der Waals surface area contributed by atoms with Crippen LogP contribution in [0.2, 0.25) is 0 Å². The lowest BCUT2D eigenvalue weighted by molar-refractivity contribution is 0.0731. The molecule has 3 rings (SSSR count). The lowest BCUT2D eigenvalue weighted by Crippen LogP contribution is -2.40. The van der Waals surface area contributed by atoms with Crippen LogP contribution in [0, 0.1) is 0 Å². The number of morpholine rings is 1. The van der Waals surface area contributed by atoms with Crippen LogP contribution in [0.4, 0.5) is 5.00 Å². The molecule has 0 radical (unpaired) electrons. The van der Waals surface area contributed by atoms with Crippen molar-refractivity contribution in [2.75, 3.05) is 31.6 Å². The van der Waals surface area contributed by atoms with Crippen molar-refractivity contribution >= 4 is 38.2 Å². The number of carbonyl (C=O) groups is 2. The van der Waals surface area contributed by atoms with Gasteiger partial charge in [0.25, 0.3) is 21.8 Å². The van der Waals surface area contributed by atoms with Crippen molar-refractivity contribution in [3.8, 4) is 0 Å². The maximum absolute atomic E-state index is 12.9. The molecule has 2 aromatic rings. The third-order valence-electron chi connectivity index (χ3n) is 4.78. The van der Waals surface area contributed by atoms with Crippen molar-refractivity contribution in [3.05, 3.63) is 47.0 Å². The fraction of sp³-hybridized carbons (Fsp3) is 0.400. The summed E-state index contributed by atoms with van der Waals surface area (Å²) in [5, 5.41) is 2.74. The molecule has 3 N–H and O–H groups in total. The Bertz CT molecular complexity index is 1050. The minimum absolute atomic E-state index is 0.0357. The Morgan fingerprint density at radius 1 is 1.13 bits per heavy atom. The first kappa shape index (κ1) is 22.4. The van der Waals surface area contributed by atoms with E-state index in [-0.39, 0.29) is 33.3 Å². The van der Waals surface area contributed by atoms with Crippen molar-refractivity contribution in [2.45, 2.75) is 30.4 Å². The second-order valence-corrected chi connectivity index (χ2v) is 11.2. The largest absolute Gasteiger partial charge is 0.379 e. The van der Waals surface area contributed by atoms with E-state index in [1.165, 1.54) is 10.4 Å². The molecule has 0 bridgehead atoms. The number of nitrogens with zero attached hydrogens (tertiary/aromatic N) is 1. The lowest BCUT2D eigenvalue weighted by Gasteiger charge is -2.25. The zero-order chi connectivity index (χ0) is 22.1. The highest BCUT2D eigenvalue weighted by Crippen LogP contribution is 2.33. The van der Waals surface area contributed by atoms with Crippen molar-refractivity contribution in [1.82, 2.24) is 4.31 Å². The quantitative estimate of drug-likeness (QED) is 0.724. The van der Waals surface area contributed by atoms with E-state index in [0.717, 1.165) is 16.9 Å². The molecule has 1 aromatic carbocycles. The van der Waals surface area contributed by atoms with Gasteiger partial charge in [-0.25, -0.2) is 8.42 Å². The van der Waals surface area contributed by atoms with Crippen LogP contribution >= 0.6 is 11.3 Å². The van der Waals surface area contributed by atoms with Gasteiger partial charge in [-0.15, -0.1) is 11.3 Å². The van der Waals surface area contributed by atoms with Crippen LogP contribution in [0.15, 0.2) is 34.5 Å². The molecule has 0 aliphatic carbocycles. The van der Waals surface area contributed by atoms with E-state index < -0.39 is 21.8 Å². The first-order valence-corrected chi connectivity index (χ1v) is 11.7. The highest BCUT2D eigenvalue weighted by Gasteiger charge is 2.30. The number of primary amides is 1. The highest BCUT2D eigenvalue weighted by molar-refractivity contribution is 7.91. The number of hydrogen-bond donors (Lipinski definition) is 2. The number of carbonyl (C=O) groups excluding carboxylic acids is 2. The summed E-state index contributed by atoms with van der Waals surface area (Å²) in [4.78, 5) is 24.5. The summed E-state index contributed by atoms with van der Waals surface area (Å²) in [6.07, 6.45) is 0. The Morgan fingerprint density at radius 2 is 1.73 bits per heavy atom. The van der Waals surface area contributed by atoms with E-state index in [9.17, 15) is 18.0 Å². The number of nitrogens with two attached hydrogens (primary N) is 1. The molecule has 2 amide bonds. The molecule has 1 aliphatic heterocycles. The number of thiophene rings is 1. The summed E-state index contributed by atoms with van der Waals surface area (Å²) < 4.78 is 32.2. The minimum Gasteiger partial charge on any atom is -0.379 e. The molecule has 1 aliphatic rings. The van der Waals surface area contributed by atoms with Gasteiger partial charge in [0.2, 0.25) is 0 Å². The second-order valence-electron chi connectivity index (χ2n) is 7.97. The topological polar surface area (TPSA) is 119 Å². The summed E-state index contributed by atoms with van der Waals surface area (Å²) in [5.41, 5.74) is 6.80. The molecule has 30 heavy (non-hydrogen) atoms. The molecule has 0 unspecified atom stereocenters. The summed E-state index contributed by atoms with van der Waals surface area (Å²) in [7, 11) is -3.81. The average molecular weight is 452 g/mol. The number of ether oxygens (including phenoxy) is 1. The molecule has 8 nitrogen and oxygen atoms in total. The van der Waals surface area contributed by atoms with Crippen molar-refractivity contribution in [3.63, 3.8) is 0 Å². The number of amides is 2. The van der Waals surface area contributed by atoms with Gasteiger partial charge < -0.3 is 15.8 Å². The maximum Gasteiger partial charge on any atom is 0.256 e. The average Bonchev–Trinajstić information content (AvgIpc) is 3.13. The number of rotatable bonds is 5. The molecule has 0 saturated carbocycles. The van der Waals surface area contributed by atoms with Gasteiger partial charge in [0, 0.05) is 18.7 Å². The smallest absolute Gasteiger partial charge is 0.256 e. The van der Waals surface area contributed by atoms with Crippen LogP contribution < -0.4 is 11.1 Å². The fourth-order valence-corrected chi connectivity index (χ4v) is 5.91. The first-order chi connectivity index (χ1) is 14.0. The van der Waals surface area contributed by atoms with Crippen LogP contribution in [-0.2, 0) is 20.2 Å². The molecule has 2 heterocycles.